The average molecular weight is 1080 g/mol. The highest BCUT2D eigenvalue weighted by Gasteiger charge is 2.50. The third kappa shape index (κ3) is 16.3. The summed E-state index contributed by atoms with van der Waals surface area (Å²) >= 11 is 0.171. The maximum absolute atomic E-state index is 14.6. The fraction of sp³-hybridized carbons (Fsp3) is 0.574. The topological polar surface area (TPSA) is 378 Å². The standard InChI is InChI=1S/C47H64N8O19S/c1-23-20-55-38(39(23)61)43(65)49-18-27(57)16-29(50-46(68)71-47(3,4)5)40(62)51-35(24(2)56)44(66)54-21-28(58)17-30(54)41(63)52-36(42(64)53-37(45(55)67)32(60)19-48-6)31(59)14-26-12-13-33(34(15-26)72-75-74-73-69)70-22-25-10-8-7-9-11-25/h7-13,15,23-24,27-32,35-39,56-61,69H,14,16-22H2,1-5H3,(H,49,65)(H,50,68)(H,51,62)(H,52,63)(H,53,64)/t23-,24+,27+,28+,29-,30-,31+,32+,35-,36-,37-,38-,39-/m0/s1. The maximum atomic E-state index is 14.6. The van der Waals surface area contributed by atoms with Gasteiger partial charge in [-0.1, -0.05) is 52.7 Å². The fourth-order valence-corrected chi connectivity index (χ4v) is 8.84. The molecule has 3 heterocycles. The number of rotatable bonds is 14. The van der Waals surface area contributed by atoms with Crippen molar-refractivity contribution in [3.63, 3.8) is 0 Å². The molecular weight excluding hydrogens is 1010 g/mol. The molecule has 0 aromatic heterocycles. The molecule has 3 fully saturated rings. The van der Waals surface area contributed by atoms with Crippen molar-refractivity contribution >= 4 is 53.9 Å². The van der Waals surface area contributed by atoms with Gasteiger partial charge in [0.05, 0.1) is 30.5 Å². The molecule has 2 aromatic carbocycles. The van der Waals surface area contributed by atoms with Crippen LogP contribution in [0.15, 0.2) is 48.5 Å². The third-order valence-corrected chi connectivity index (χ3v) is 12.6. The minimum absolute atomic E-state index is 0.0538. The number of β-amino-alcohol motifs (C(OH)–C–C–N with tert-alkyl or cyclic N) is 1. The Balaban J connectivity index is 1.58. The molecule has 2 aromatic rings. The highest BCUT2D eigenvalue weighted by atomic mass is 32.2. The van der Waals surface area contributed by atoms with Gasteiger partial charge < -0.3 is 85.5 Å². The van der Waals surface area contributed by atoms with Crippen LogP contribution in [-0.2, 0) is 55.9 Å². The third-order valence-electron chi connectivity index (χ3n) is 12.3. The fourth-order valence-electron chi connectivity index (χ4n) is 8.59. The molecule has 412 valence electrons. The number of carbonyl (C=O) groups is 7. The minimum Gasteiger partial charge on any atom is -0.485 e. The molecule has 3 saturated heterocycles. The molecule has 0 radical (unpaired) electrons. The van der Waals surface area contributed by atoms with Crippen LogP contribution < -0.4 is 35.5 Å². The van der Waals surface area contributed by atoms with Crippen molar-refractivity contribution in [1.29, 1.82) is 0 Å². The summed E-state index contributed by atoms with van der Waals surface area (Å²) in [7, 11) is 0. The lowest BCUT2D eigenvalue weighted by molar-refractivity contribution is -0.433. The molecule has 0 saturated carbocycles. The van der Waals surface area contributed by atoms with Gasteiger partial charge in [0.25, 0.3) is 12.3 Å². The Bertz CT molecular complexity index is 2380. The van der Waals surface area contributed by atoms with Crippen LogP contribution in [0.1, 0.15) is 58.6 Å². The van der Waals surface area contributed by atoms with Gasteiger partial charge in [-0.3, -0.25) is 28.8 Å². The molecule has 3 aliphatic rings. The van der Waals surface area contributed by atoms with Crippen molar-refractivity contribution in [2.24, 2.45) is 5.92 Å². The van der Waals surface area contributed by atoms with Crippen molar-refractivity contribution in [2.75, 3.05) is 26.2 Å². The summed E-state index contributed by atoms with van der Waals surface area (Å²) in [5.41, 5.74) is -0.113. The van der Waals surface area contributed by atoms with Crippen molar-refractivity contribution < 1.29 is 92.5 Å². The molecule has 13 atom stereocenters. The summed E-state index contributed by atoms with van der Waals surface area (Å²) in [4.78, 5) is 104. The number of amides is 7. The number of ether oxygens (including phenoxy) is 2. The second-order valence-corrected chi connectivity index (χ2v) is 19.8. The number of aliphatic hydroxyl groups excluding tert-OH is 6. The number of benzene rings is 2. The van der Waals surface area contributed by atoms with E-state index in [1.807, 2.05) is 6.07 Å². The number of carbonyl (C=O) groups excluding carboxylic acids is 7. The van der Waals surface area contributed by atoms with E-state index in [9.17, 15) is 64.2 Å². The summed E-state index contributed by atoms with van der Waals surface area (Å²) in [6.07, 6.45) is -13.2. The van der Waals surface area contributed by atoms with Crippen LogP contribution in [0, 0.1) is 12.5 Å². The SMILES string of the molecule is [C-]#[N+]C[C@@H](O)[C@@H]1NC(=O)[C@H]([C@H](O)Cc2ccc(OCc3ccccc3)c(OSOOO)c2)NC(=O)[C@@H]2C[C@@H](O)CN2C(=O)[C@H]([C@@H](C)O)NC(=O)[C@@H](NC(=O)OC(C)(C)C)C[C@@H](O)CNC(=O)[C@@H]2[C@@H](O)[C@@H](C)CN2C1=O. The van der Waals surface area contributed by atoms with E-state index in [1.165, 1.54) is 45.9 Å². The van der Waals surface area contributed by atoms with Gasteiger partial charge in [0.1, 0.15) is 48.5 Å². The van der Waals surface area contributed by atoms with Gasteiger partial charge in [0.15, 0.2) is 17.6 Å². The largest absolute Gasteiger partial charge is 0.485 e. The second kappa shape index (κ2) is 26.9. The number of nitrogens with one attached hydrogen (secondary N) is 5. The Morgan fingerprint density at radius 2 is 1.49 bits per heavy atom. The summed E-state index contributed by atoms with van der Waals surface area (Å²) in [5.74, 6) is -7.80. The molecule has 12 N–H and O–H groups in total. The van der Waals surface area contributed by atoms with E-state index in [1.54, 1.807) is 24.3 Å². The van der Waals surface area contributed by atoms with E-state index in [4.69, 9.17) is 25.5 Å². The number of alkyl carbamates (subject to hydrolysis) is 1. The summed E-state index contributed by atoms with van der Waals surface area (Å²) in [6.45, 7) is 12.3. The lowest BCUT2D eigenvalue weighted by atomic mass is 9.99. The molecular formula is C47H64N8O19S. The highest BCUT2D eigenvalue weighted by Crippen LogP contribution is 2.33. The van der Waals surface area contributed by atoms with E-state index in [0.29, 0.717) is 0 Å². The Hall–Kier alpha value is -6.39. The van der Waals surface area contributed by atoms with Gasteiger partial charge >= 0.3 is 6.09 Å². The van der Waals surface area contributed by atoms with Gasteiger partial charge in [-0.2, -0.15) is 0 Å². The number of hydrogen-bond donors (Lipinski definition) is 12. The molecule has 0 aliphatic carbocycles. The first-order valence-corrected chi connectivity index (χ1v) is 24.4. The predicted molar refractivity (Wildman–Crippen MR) is 258 cm³/mol. The van der Waals surface area contributed by atoms with Crippen LogP contribution in [0.3, 0.4) is 0 Å². The lowest BCUT2D eigenvalue weighted by Gasteiger charge is -2.33. The molecule has 3 aliphatic heterocycles. The molecule has 75 heavy (non-hydrogen) atoms. The zero-order valence-electron chi connectivity index (χ0n) is 41.6. The summed E-state index contributed by atoms with van der Waals surface area (Å²) in [5, 5.41) is 91.6. The molecule has 0 bridgehead atoms. The lowest BCUT2D eigenvalue weighted by Crippen LogP contribution is -2.64. The van der Waals surface area contributed by atoms with Crippen molar-refractivity contribution in [1.82, 2.24) is 36.4 Å². The van der Waals surface area contributed by atoms with E-state index >= 15 is 0 Å². The van der Waals surface area contributed by atoms with Gasteiger partial charge in [0, 0.05) is 44.8 Å². The molecule has 27 nitrogen and oxygen atoms in total. The quantitative estimate of drug-likeness (QED) is 0.0308. The Labute approximate surface area is 435 Å². The zero-order valence-corrected chi connectivity index (χ0v) is 42.4. The number of nitrogens with zero attached hydrogens (tertiary/aromatic N) is 3. The van der Waals surface area contributed by atoms with E-state index in [2.05, 4.69) is 40.8 Å². The molecule has 28 heteroatoms. The normalized spacial score (nSPS) is 27.7. The monoisotopic (exact) mass is 1080 g/mol. The van der Waals surface area contributed by atoms with Crippen molar-refractivity contribution in [2.45, 2.75) is 139 Å². The Morgan fingerprint density at radius 1 is 0.827 bits per heavy atom. The van der Waals surface area contributed by atoms with Gasteiger partial charge in [-0.15, -0.1) is 0 Å². The molecule has 0 spiro atoms. The van der Waals surface area contributed by atoms with Crippen LogP contribution in [0.4, 0.5) is 4.79 Å². The van der Waals surface area contributed by atoms with Crippen LogP contribution in [-0.4, -0.2) is 192 Å². The van der Waals surface area contributed by atoms with Crippen LogP contribution in [0.25, 0.3) is 4.85 Å². The van der Waals surface area contributed by atoms with Crippen LogP contribution in [0.2, 0.25) is 0 Å². The Morgan fingerprint density at radius 3 is 2.15 bits per heavy atom. The van der Waals surface area contributed by atoms with Gasteiger partial charge in [0.2, 0.25) is 42.0 Å². The molecule has 0 unspecified atom stereocenters. The van der Waals surface area contributed by atoms with Crippen molar-refractivity contribution in [3.8, 4) is 11.5 Å². The van der Waals surface area contributed by atoms with Gasteiger partial charge in [-0.05, 0) is 51.0 Å². The number of hydrogen-bond acceptors (Lipinski definition) is 20. The first kappa shape index (κ1) is 59.5. The molecule has 7 amide bonds. The first-order chi connectivity index (χ1) is 35.4. The van der Waals surface area contributed by atoms with E-state index in [0.717, 1.165) is 22.3 Å². The number of aliphatic hydroxyl groups is 6. The van der Waals surface area contributed by atoms with Crippen LogP contribution in [0.5, 0.6) is 11.5 Å². The van der Waals surface area contributed by atoms with Crippen molar-refractivity contribution in [3.05, 3.63) is 71.1 Å². The second-order valence-electron chi connectivity index (χ2n) is 19.4. The van der Waals surface area contributed by atoms with E-state index in [-0.39, 0.29) is 42.5 Å². The minimum atomic E-state index is -2.12. The van der Waals surface area contributed by atoms with E-state index < -0.39 is 165 Å². The maximum Gasteiger partial charge on any atom is 0.408 e. The first-order valence-electron chi connectivity index (χ1n) is 23.7. The smallest absolute Gasteiger partial charge is 0.408 e. The van der Waals surface area contributed by atoms with Gasteiger partial charge in [-0.25, -0.2) is 16.6 Å². The average Bonchev–Trinajstić information content (AvgIpc) is 3.89. The Kier molecular flexibility index (Phi) is 21.3. The highest BCUT2D eigenvalue weighted by molar-refractivity contribution is 7.90. The number of fused-ring (bicyclic) bond motifs is 2. The molecule has 5 rings (SSSR count). The zero-order chi connectivity index (χ0) is 55.3. The summed E-state index contributed by atoms with van der Waals surface area (Å²) < 4.78 is 21.1. The van der Waals surface area contributed by atoms with Crippen LogP contribution >= 0.6 is 12.3 Å². The predicted octanol–water partition coefficient (Wildman–Crippen LogP) is -2.41. The summed E-state index contributed by atoms with van der Waals surface area (Å²) in [6, 6.07) is 1.95.